The van der Waals surface area contributed by atoms with Crippen molar-refractivity contribution in [2.24, 2.45) is 0 Å². The zero-order valence-electron chi connectivity index (χ0n) is 9.57. The fraction of sp³-hybridized carbons (Fsp3) is 0.200. The van der Waals surface area contributed by atoms with E-state index in [1.807, 2.05) is 0 Å². The second kappa shape index (κ2) is 5.06. The van der Waals surface area contributed by atoms with Gasteiger partial charge in [0.1, 0.15) is 0 Å². The Morgan fingerprint density at radius 1 is 1.16 bits per heavy atom. The molecule has 0 atom stereocenters. The Kier molecular flexibility index (Phi) is 3.63. The molecule has 3 N–H and O–H groups in total. The molecule has 0 amide bonds. The normalized spacial score (nSPS) is 11.6. The van der Waals surface area contributed by atoms with Gasteiger partial charge < -0.3 is 0 Å². The van der Waals surface area contributed by atoms with Gasteiger partial charge in [-0.2, -0.15) is 0 Å². The molecule has 1 heterocycles. The second-order valence-electron chi connectivity index (χ2n) is 3.75. The van der Waals surface area contributed by atoms with Gasteiger partial charge in [0.2, 0.25) is 10.0 Å². The van der Waals surface area contributed by atoms with Gasteiger partial charge in [0.05, 0.1) is 22.2 Å². The molecule has 0 aliphatic rings. The lowest BCUT2D eigenvalue weighted by molar-refractivity contribution is 0.602. The van der Waals surface area contributed by atoms with Gasteiger partial charge in [0.15, 0.2) is 0 Å². The van der Waals surface area contributed by atoms with Crippen molar-refractivity contribution in [3.8, 4) is 0 Å². The Morgan fingerprint density at radius 2 is 1.84 bits per heavy atom. The van der Waals surface area contributed by atoms with Crippen LogP contribution in [0.1, 0.15) is 0 Å². The van der Waals surface area contributed by atoms with Crippen LogP contribution in [-0.2, 0) is 10.0 Å². The Hall–Kier alpha value is -1.80. The SMILES string of the molecule is O=c1[nH][nH]c(=O)c2c(NS(=O)(=O)CCCl)cccc12. The molecule has 1 aromatic carbocycles. The van der Waals surface area contributed by atoms with E-state index in [2.05, 4.69) is 14.9 Å². The van der Waals surface area contributed by atoms with Crippen molar-refractivity contribution in [3.05, 3.63) is 38.9 Å². The maximum Gasteiger partial charge on any atom is 0.272 e. The van der Waals surface area contributed by atoms with Crippen molar-refractivity contribution < 1.29 is 8.42 Å². The zero-order valence-corrected chi connectivity index (χ0v) is 11.1. The summed E-state index contributed by atoms with van der Waals surface area (Å²) in [5, 5.41) is 4.41. The van der Waals surface area contributed by atoms with E-state index < -0.39 is 21.1 Å². The molecule has 0 bridgehead atoms. The molecule has 0 saturated carbocycles. The van der Waals surface area contributed by atoms with Crippen LogP contribution in [0, 0.1) is 0 Å². The van der Waals surface area contributed by atoms with E-state index in [0.29, 0.717) is 0 Å². The van der Waals surface area contributed by atoms with Crippen LogP contribution in [0.4, 0.5) is 5.69 Å². The summed E-state index contributed by atoms with van der Waals surface area (Å²) in [7, 11) is -3.65. The summed E-state index contributed by atoms with van der Waals surface area (Å²) in [6, 6.07) is 4.32. The largest absolute Gasteiger partial charge is 0.283 e. The minimum atomic E-state index is -3.65. The predicted molar refractivity (Wildman–Crippen MR) is 73.3 cm³/mol. The molecule has 1 aromatic heterocycles. The molecule has 7 nitrogen and oxygen atoms in total. The molecule has 0 fully saturated rings. The van der Waals surface area contributed by atoms with E-state index in [0.717, 1.165) is 0 Å². The van der Waals surface area contributed by atoms with Crippen molar-refractivity contribution >= 4 is 38.1 Å². The number of fused-ring (bicyclic) bond motifs is 1. The van der Waals surface area contributed by atoms with Crippen LogP contribution in [0.5, 0.6) is 0 Å². The Balaban J connectivity index is 2.66. The van der Waals surface area contributed by atoms with E-state index in [9.17, 15) is 18.0 Å². The number of benzene rings is 1. The number of halogens is 1. The summed E-state index contributed by atoms with van der Waals surface area (Å²) in [6.45, 7) is 0. The second-order valence-corrected chi connectivity index (χ2v) is 5.97. The van der Waals surface area contributed by atoms with Gasteiger partial charge in [0.25, 0.3) is 11.1 Å². The maximum absolute atomic E-state index is 11.7. The summed E-state index contributed by atoms with van der Waals surface area (Å²) >= 11 is 5.38. The molecule has 2 aromatic rings. The van der Waals surface area contributed by atoms with Gasteiger partial charge in [-0.1, -0.05) is 6.07 Å². The number of nitrogens with one attached hydrogen (secondary N) is 3. The minimum Gasteiger partial charge on any atom is -0.283 e. The standard InChI is InChI=1S/C10H10ClN3O4S/c11-4-5-19(17,18)14-7-3-1-2-6-8(7)10(16)13-12-9(6)15/h1-3,14H,4-5H2,(H,12,15)(H,13,16). The molecule has 0 aliphatic carbocycles. The molecule has 0 aliphatic heterocycles. The summed E-state index contributed by atoms with van der Waals surface area (Å²) in [5.74, 6) is -0.358. The van der Waals surface area contributed by atoms with Gasteiger partial charge in [-0.3, -0.25) is 24.5 Å². The van der Waals surface area contributed by atoms with Crippen molar-refractivity contribution in [2.75, 3.05) is 16.4 Å². The number of aromatic amines is 2. The monoisotopic (exact) mass is 303 g/mol. The van der Waals surface area contributed by atoms with Crippen molar-refractivity contribution in [3.63, 3.8) is 0 Å². The molecule has 19 heavy (non-hydrogen) atoms. The first-order valence-corrected chi connectivity index (χ1v) is 7.43. The number of hydrogen-bond donors (Lipinski definition) is 3. The van der Waals surface area contributed by atoms with Gasteiger partial charge in [-0.15, -0.1) is 11.6 Å². The van der Waals surface area contributed by atoms with Gasteiger partial charge in [0, 0.05) is 5.88 Å². The smallest absolute Gasteiger partial charge is 0.272 e. The third-order valence-electron chi connectivity index (χ3n) is 2.44. The van der Waals surface area contributed by atoms with Crippen molar-refractivity contribution in [1.82, 2.24) is 10.2 Å². The predicted octanol–water partition coefficient (Wildman–Crippen LogP) is 0.197. The van der Waals surface area contributed by atoms with Crippen molar-refractivity contribution in [2.45, 2.75) is 0 Å². The Labute approximate surface area is 112 Å². The Morgan fingerprint density at radius 3 is 2.53 bits per heavy atom. The number of anilines is 1. The average Bonchev–Trinajstić information content (AvgIpc) is 2.33. The molecule has 0 spiro atoms. The fourth-order valence-corrected chi connectivity index (χ4v) is 3.05. The molecule has 0 radical (unpaired) electrons. The Bertz CT molecular complexity index is 825. The van der Waals surface area contributed by atoms with Gasteiger partial charge in [-0.25, -0.2) is 8.42 Å². The third-order valence-corrected chi connectivity index (χ3v) is 4.12. The minimum absolute atomic E-state index is 0.00982. The first kappa shape index (κ1) is 13.6. The van der Waals surface area contributed by atoms with E-state index in [1.165, 1.54) is 18.2 Å². The van der Waals surface area contributed by atoms with E-state index in [1.54, 1.807) is 0 Å². The highest BCUT2D eigenvalue weighted by atomic mass is 35.5. The van der Waals surface area contributed by atoms with Crippen LogP contribution in [-0.4, -0.2) is 30.2 Å². The van der Waals surface area contributed by atoms with Crippen LogP contribution < -0.4 is 15.8 Å². The molecular formula is C10H10ClN3O4S. The molecule has 0 saturated heterocycles. The third kappa shape index (κ3) is 2.79. The lowest BCUT2D eigenvalue weighted by Gasteiger charge is -2.08. The fourth-order valence-electron chi connectivity index (χ4n) is 1.63. The first-order valence-electron chi connectivity index (χ1n) is 5.25. The zero-order chi connectivity index (χ0) is 14.0. The molecule has 0 unspecified atom stereocenters. The van der Waals surface area contributed by atoms with Crippen LogP contribution in [0.25, 0.3) is 10.8 Å². The topological polar surface area (TPSA) is 112 Å². The summed E-state index contributed by atoms with van der Waals surface area (Å²) in [6.07, 6.45) is 0. The highest BCUT2D eigenvalue weighted by molar-refractivity contribution is 7.92. The van der Waals surface area contributed by atoms with E-state index in [4.69, 9.17) is 11.6 Å². The van der Waals surface area contributed by atoms with Gasteiger partial charge in [-0.05, 0) is 12.1 Å². The highest BCUT2D eigenvalue weighted by Gasteiger charge is 2.14. The van der Waals surface area contributed by atoms with Crippen LogP contribution >= 0.6 is 11.6 Å². The maximum atomic E-state index is 11.7. The number of alkyl halides is 1. The van der Waals surface area contributed by atoms with Crippen LogP contribution in [0.3, 0.4) is 0 Å². The average molecular weight is 304 g/mol. The number of aromatic nitrogens is 2. The number of H-pyrrole nitrogens is 2. The highest BCUT2D eigenvalue weighted by Crippen LogP contribution is 2.18. The molecule has 102 valence electrons. The van der Waals surface area contributed by atoms with E-state index >= 15 is 0 Å². The number of hydrogen-bond acceptors (Lipinski definition) is 4. The summed E-state index contributed by atoms with van der Waals surface area (Å²) in [4.78, 5) is 23.3. The van der Waals surface area contributed by atoms with Crippen LogP contribution in [0.2, 0.25) is 0 Å². The lowest BCUT2D eigenvalue weighted by Crippen LogP contribution is -2.23. The van der Waals surface area contributed by atoms with Gasteiger partial charge >= 0.3 is 0 Å². The number of sulfonamides is 1. The number of rotatable bonds is 4. The molecular weight excluding hydrogens is 294 g/mol. The van der Waals surface area contributed by atoms with Crippen LogP contribution in [0.15, 0.2) is 27.8 Å². The van der Waals surface area contributed by atoms with E-state index in [-0.39, 0.29) is 28.1 Å². The quantitative estimate of drug-likeness (QED) is 0.700. The summed E-state index contributed by atoms with van der Waals surface area (Å²) in [5.41, 5.74) is -1.04. The molecule has 9 heteroatoms. The lowest BCUT2D eigenvalue weighted by atomic mass is 10.2. The summed E-state index contributed by atoms with van der Waals surface area (Å²) < 4.78 is 25.5. The van der Waals surface area contributed by atoms with Crippen molar-refractivity contribution in [1.29, 1.82) is 0 Å². The first-order chi connectivity index (χ1) is 8.94. The molecule has 2 rings (SSSR count).